The Bertz CT molecular complexity index is 619. The van der Waals surface area contributed by atoms with Crippen molar-refractivity contribution in [2.24, 2.45) is 5.73 Å². The standard InChI is InChI=1S/C18H22N2O2.ClH/c1-13(15-9-6-10-16(11-15)22-2)20-18(21)17(12-19)14-7-4-3-5-8-14;/h3-11,13,17H,12,19H2,1-2H3,(H,20,21);1H. The lowest BCUT2D eigenvalue weighted by atomic mass is 9.97. The largest absolute Gasteiger partial charge is 0.497 e. The average Bonchev–Trinajstić information content (AvgIpc) is 2.56. The van der Waals surface area contributed by atoms with Crippen molar-refractivity contribution in [1.82, 2.24) is 5.32 Å². The van der Waals surface area contributed by atoms with Gasteiger partial charge >= 0.3 is 0 Å². The van der Waals surface area contributed by atoms with E-state index in [4.69, 9.17) is 10.5 Å². The summed E-state index contributed by atoms with van der Waals surface area (Å²) in [6.07, 6.45) is 0. The fourth-order valence-corrected chi connectivity index (χ4v) is 2.39. The third-order valence-electron chi connectivity index (χ3n) is 3.71. The molecular formula is C18H23ClN2O2. The van der Waals surface area contributed by atoms with Crippen LogP contribution in [-0.2, 0) is 4.79 Å². The van der Waals surface area contributed by atoms with E-state index in [0.29, 0.717) is 0 Å². The summed E-state index contributed by atoms with van der Waals surface area (Å²) in [7, 11) is 1.63. The molecule has 2 unspecified atom stereocenters. The Morgan fingerprint density at radius 1 is 1.13 bits per heavy atom. The van der Waals surface area contributed by atoms with Crippen LogP contribution < -0.4 is 15.8 Å². The average molecular weight is 335 g/mol. The molecule has 0 fully saturated rings. The molecule has 4 nitrogen and oxygen atoms in total. The minimum absolute atomic E-state index is 0. The van der Waals surface area contributed by atoms with Gasteiger partial charge in [0.15, 0.2) is 0 Å². The molecular weight excluding hydrogens is 312 g/mol. The van der Waals surface area contributed by atoms with E-state index in [1.165, 1.54) is 0 Å². The summed E-state index contributed by atoms with van der Waals surface area (Å²) in [6, 6.07) is 17.2. The Hall–Kier alpha value is -2.04. The van der Waals surface area contributed by atoms with E-state index in [2.05, 4.69) is 5.32 Å². The van der Waals surface area contributed by atoms with Gasteiger partial charge in [-0.15, -0.1) is 12.4 Å². The highest BCUT2D eigenvalue weighted by Gasteiger charge is 2.20. The normalized spacial score (nSPS) is 12.7. The lowest BCUT2D eigenvalue weighted by molar-refractivity contribution is -0.123. The minimum Gasteiger partial charge on any atom is -0.497 e. The van der Waals surface area contributed by atoms with Crippen LogP contribution in [0.4, 0.5) is 0 Å². The van der Waals surface area contributed by atoms with Crippen LogP contribution in [0, 0.1) is 0 Å². The quantitative estimate of drug-likeness (QED) is 0.853. The molecule has 124 valence electrons. The van der Waals surface area contributed by atoms with Crippen molar-refractivity contribution < 1.29 is 9.53 Å². The molecule has 0 radical (unpaired) electrons. The van der Waals surface area contributed by atoms with E-state index in [9.17, 15) is 4.79 Å². The highest BCUT2D eigenvalue weighted by atomic mass is 35.5. The van der Waals surface area contributed by atoms with Crippen molar-refractivity contribution in [3.8, 4) is 5.75 Å². The van der Waals surface area contributed by atoms with Crippen LogP contribution in [0.5, 0.6) is 5.75 Å². The van der Waals surface area contributed by atoms with Crippen LogP contribution >= 0.6 is 12.4 Å². The van der Waals surface area contributed by atoms with Crippen molar-refractivity contribution >= 4 is 18.3 Å². The first-order valence-electron chi connectivity index (χ1n) is 7.35. The number of carbonyl (C=O) groups excluding carboxylic acids is 1. The molecule has 0 spiro atoms. The van der Waals surface area contributed by atoms with Crippen LogP contribution in [0.25, 0.3) is 0 Å². The number of ether oxygens (including phenoxy) is 1. The second-order valence-electron chi connectivity index (χ2n) is 5.21. The summed E-state index contributed by atoms with van der Waals surface area (Å²) in [5, 5.41) is 3.02. The van der Waals surface area contributed by atoms with Gasteiger partial charge in [0, 0.05) is 6.54 Å². The third-order valence-corrected chi connectivity index (χ3v) is 3.71. The number of nitrogens with one attached hydrogen (secondary N) is 1. The van der Waals surface area contributed by atoms with Gasteiger partial charge in [0.25, 0.3) is 0 Å². The number of hydrogen-bond donors (Lipinski definition) is 2. The number of amides is 1. The van der Waals surface area contributed by atoms with Crippen molar-refractivity contribution in [3.63, 3.8) is 0 Å². The monoisotopic (exact) mass is 334 g/mol. The summed E-state index contributed by atoms with van der Waals surface area (Å²) < 4.78 is 5.22. The van der Waals surface area contributed by atoms with Gasteiger partial charge in [-0.1, -0.05) is 42.5 Å². The van der Waals surface area contributed by atoms with Crippen molar-refractivity contribution in [3.05, 3.63) is 65.7 Å². The van der Waals surface area contributed by atoms with E-state index in [0.717, 1.165) is 16.9 Å². The first-order chi connectivity index (χ1) is 10.7. The van der Waals surface area contributed by atoms with Gasteiger partial charge in [-0.3, -0.25) is 4.79 Å². The van der Waals surface area contributed by atoms with Gasteiger partial charge in [0.05, 0.1) is 19.1 Å². The van der Waals surface area contributed by atoms with Crippen molar-refractivity contribution in [2.45, 2.75) is 18.9 Å². The summed E-state index contributed by atoms with van der Waals surface area (Å²) >= 11 is 0. The first kappa shape index (κ1) is 19.0. The molecule has 1 amide bonds. The topological polar surface area (TPSA) is 64.3 Å². The zero-order valence-corrected chi connectivity index (χ0v) is 14.2. The summed E-state index contributed by atoms with van der Waals surface area (Å²) in [5.41, 5.74) is 7.71. The predicted octanol–water partition coefficient (Wildman–Crippen LogP) is 3.04. The highest BCUT2D eigenvalue weighted by Crippen LogP contribution is 2.21. The molecule has 0 aromatic heterocycles. The highest BCUT2D eigenvalue weighted by molar-refractivity contribution is 5.85. The van der Waals surface area contributed by atoms with E-state index < -0.39 is 0 Å². The summed E-state index contributed by atoms with van der Waals surface area (Å²) in [6.45, 7) is 2.23. The molecule has 2 rings (SSSR count). The maximum atomic E-state index is 12.5. The molecule has 0 heterocycles. The number of benzene rings is 2. The molecule has 0 aliphatic rings. The molecule has 3 N–H and O–H groups in total. The minimum atomic E-state index is -0.339. The number of nitrogens with two attached hydrogens (primary N) is 1. The Morgan fingerprint density at radius 3 is 2.39 bits per heavy atom. The molecule has 0 saturated carbocycles. The van der Waals surface area contributed by atoms with Crippen LogP contribution in [0.15, 0.2) is 54.6 Å². The summed E-state index contributed by atoms with van der Waals surface area (Å²) in [5.74, 6) is 0.371. The molecule has 0 saturated heterocycles. The van der Waals surface area contributed by atoms with E-state index >= 15 is 0 Å². The Kier molecular flexibility index (Phi) is 7.59. The van der Waals surface area contributed by atoms with E-state index in [1.54, 1.807) is 7.11 Å². The lowest BCUT2D eigenvalue weighted by Gasteiger charge is -2.20. The second-order valence-corrected chi connectivity index (χ2v) is 5.21. The van der Waals surface area contributed by atoms with Crippen molar-refractivity contribution in [1.29, 1.82) is 0 Å². The Balaban J connectivity index is 0.00000264. The zero-order chi connectivity index (χ0) is 15.9. The molecule has 0 aliphatic carbocycles. The van der Waals surface area contributed by atoms with Gasteiger partial charge in [0.2, 0.25) is 5.91 Å². The maximum absolute atomic E-state index is 12.5. The molecule has 23 heavy (non-hydrogen) atoms. The number of halogens is 1. The van der Waals surface area contributed by atoms with Crippen LogP contribution in [0.1, 0.15) is 30.0 Å². The molecule has 2 aromatic rings. The van der Waals surface area contributed by atoms with Crippen LogP contribution in [0.3, 0.4) is 0 Å². The third kappa shape index (κ3) is 4.98. The van der Waals surface area contributed by atoms with Gasteiger partial charge in [-0.2, -0.15) is 0 Å². The van der Waals surface area contributed by atoms with Crippen LogP contribution in [0.2, 0.25) is 0 Å². The first-order valence-corrected chi connectivity index (χ1v) is 7.35. The Morgan fingerprint density at radius 2 is 1.78 bits per heavy atom. The maximum Gasteiger partial charge on any atom is 0.229 e. The SMILES string of the molecule is COc1cccc(C(C)NC(=O)C(CN)c2ccccc2)c1.Cl. The van der Waals surface area contributed by atoms with Gasteiger partial charge < -0.3 is 15.8 Å². The molecule has 0 aliphatic heterocycles. The van der Waals surface area contributed by atoms with Gasteiger partial charge in [-0.05, 0) is 30.2 Å². The fourth-order valence-electron chi connectivity index (χ4n) is 2.39. The lowest BCUT2D eigenvalue weighted by Crippen LogP contribution is -2.35. The molecule has 0 bridgehead atoms. The van der Waals surface area contributed by atoms with Crippen molar-refractivity contribution in [2.75, 3.05) is 13.7 Å². The van der Waals surface area contributed by atoms with E-state index in [-0.39, 0.29) is 36.8 Å². The Labute approximate surface area is 143 Å². The zero-order valence-electron chi connectivity index (χ0n) is 13.4. The van der Waals surface area contributed by atoms with Gasteiger partial charge in [-0.25, -0.2) is 0 Å². The number of methoxy groups -OCH3 is 1. The smallest absolute Gasteiger partial charge is 0.229 e. The number of rotatable bonds is 6. The second kappa shape index (κ2) is 9.18. The predicted molar refractivity (Wildman–Crippen MR) is 95.0 cm³/mol. The molecule has 2 aromatic carbocycles. The molecule has 2 atom stereocenters. The fraction of sp³-hybridized carbons (Fsp3) is 0.278. The number of carbonyl (C=O) groups is 1. The summed E-state index contributed by atoms with van der Waals surface area (Å²) in [4.78, 5) is 12.5. The molecule has 5 heteroatoms. The van der Waals surface area contributed by atoms with Crippen LogP contribution in [-0.4, -0.2) is 19.6 Å². The number of hydrogen-bond acceptors (Lipinski definition) is 3. The van der Waals surface area contributed by atoms with Gasteiger partial charge in [0.1, 0.15) is 5.75 Å². The van der Waals surface area contributed by atoms with E-state index in [1.807, 2.05) is 61.5 Å².